The van der Waals surface area contributed by atoms with Gasteiger partial charge in [-0.15, -0.1) is 0 Å². The summed E-state index contributed by atoms with van der Waals surface area (Å²) >= 11 is 6.45. The topological polar surface area (TPSA) is 66.8 Å². The van der Waals surface area contributed by atoms with Crippen LogP contribution in [-0.4, -0.2) is 35.0 Å². The zero-order valence-corrected chi connectivity index (χ0v) is 18.5. The number of carboxylic acids is 1. The molecule has 0 saturated carbocycles. The Hall–Kier alpha value is -3.15. The van der Waals surface area contributed by atoms with E-state index in [4.69, 9.17) is 16.3 Å². The van der Waals surface area contributed by atoms with Gasteiger partial charge in [0.2, 0.25) is 0 Å². The molecule has 1 aliphatic heterocycles. The maximum absolute atomic E-state index is 14.1. The van der Waals surface area contributed by atoms with E-state index in [1.54, 1.807) is 13.2 Å². The molecule has 1 amide bonds. The number of benzene rings is 3. The molecule has 3 aromatic rings. The molecule has 0 aromatic heterocycles. The van der Waals surface area contributed by atoms with Gasteiger partial charge in [-0.2, -0.15) is 0 Å². The average Bonchev–Trinajstić information content (AvgIpc) is 3.25. The summed E-state index contributed by atoms with van der Waals surface area (Å²) < 4.78 is 5.37. The number of methoxy groups -OCH3 is 1. The van der Waals surface area contributed by atoms with Crippen LogP contribution in [-0.2, 0) is 16.1 Å². The summed E-state index contributed by atoms with van der Waals surface area (Å²) in [5.74, 6) is -1.34. The molecule has 1 saturated heterocycles. The molecule has 1 N–H and O–H groups in total. The van der Waals surface area contributed by atoms with E-state index in [1.165, 1.54) is 4.90 Å². The van der Waals surface area contributed by atoms with Crippen LogP contribution >= 0.6 is 11.6 Å². The first kappa shape index (κ1) is 22.1. The van der Waals surface area contributed by atoms with Gasteiger partial charge in [0.15, 0.2) is 0 Å². The number of hydrogen-bond acceptors (Lipinski definition) is 3. The molecule has 0 bridgehead atoms. The van der Waals surface area contributed by atoms with Crippen molar-refractivity contribution in [3.63, 3.8) is 0 Å². The van der Waals surface area contributed by atoms with Gasteiger partial charge >= 0.3 is 5.97 Å². The molecule has 5 nitrogen and oxygen atoms in total. The van der Waals surface area contributed by atoms with Crippen LogP contribution in [0.1, 0.15) is 40.4 Å². The molecule has 0 aliphatic carbocycles. The van der Waals surface area contributed by atoms with Crippen molar-refractivity contribution in [1.82, 2.24) is 4.90 Å². The van der Waals surface area contributed by atoms with Crippen LogP contribution in [0.5, 0.6) is 0 Å². The molecule has 6 heteroatoms. The Morgan fingerprint density at radius 3 is 2.41 bits per heavy atom. The highest BCUT2D eigenvalue weighted by atomic mass is 35.5. The number of likely N-dealkylation sites (tertiary alicyclic amines) is 1. The third-order valence-electron chi connectivity index (χ3n) is 5.92. The normalized spacial score (nSPS) is 18.0. The van der Waals surface area contributed by atoms with E-state index in [9.17, 15) is 14.7 Å². The Labute approximate surface area is 192 Å². The number of carboxylic acid groups (broad SMARTS) is 1. The molecule has 0 radical (unpaired) electrons. The number of carbonyl (C=O) groups excluding carboxylic acids is 1. The number of amides is 1. The Kier molecular flexibility index (Phi) is 6.58. The van der Waals surface area contributed by atoms with Gasteiger partial charge in [-0.25, -0.2) is 4.79 Å². The van der Waals surface area contributed by atoms with Crippen LogP contribution < -0.4 is 0 Å². The Morgan fingerprint density at radius 1 is 1.00 bits per heavy atom. The number of carbonyl (C=O) groups is 2. The monoisotopic (exact) mass is 449 g/mol. The molecule has 1 fully saturated rings. The minimum absolute atomic E-state index is 0.240. The largest absolute Gasteiger partial charge is 0.480 e. The minimum atomic E-state index is -1.02. The third-order valence-corrected chi connectivity index (χ3v) is 6.26. The van der Waals surface area contributed by atoms with E-state index in [1.807, 2.05) is 66.7 Å². The second kappa shape index (κ2) is 9.55. The molecule has 1 aliphatic rings. The van der Waals surface area contributed by atoms with E-state index in [2.05, 4.69) is 0 Å². The summed E-state index contributed by atoms with van der Waals surface area (Å²) in [6, 6.07) is 21.2. The molecule has 4 rings (SSSR count). The lowest BCUT2D eigenvalue weighted by molar-refractivity contribution is -0.141. The molecule has 1 heterocycles. The first-order valence-corrected chi connectivity index (χ1v) is 10.9. The van der Waals surface area contributed by atoms with Crippen LogP contribution in [0.25, 0.3) is 11.1 Å². The molecule has 2 unspecified atom stereocenters. The Bertz CT molecular complexity index is 1130. The van der Waals surface area contributed by atoms with Crippen molar-refractivity contribution in [3.8, 4) is 11.1 Å². The fourth-order valence-corrected chi connectivity index (χ4v) is 4.76. The van der Waals surface area contributed by atoms with Crippen LogP contribution in [0.2, 0.25) is 5.02 Å². The van der Waals surface area contributed by atoms with Crippen molar-refractivity contribution >= 4 is 23.5 Å². The minimum Gasteiger partial charge on any atom is -0.480 e. The molecule has 32 heavy (non-hydrogen) atoms. The van der Waals surface area contributed by atoms with Gasteiger partial charge in [-0.3, -0.25) is 4.79 Å². The first-order valence-electron chi connectivity index (χ1n) is 10.5. The van der Waals surface area contributed by atoms with E-state index in [0.717, 1.165) is 16.7 Å². The van der Waals surface area contributed by atoms with Crippen LogP contribution in [0.15, 0.2) is 72.8 Å². The summed E-state index contributed by atoms with van der Waals surface area (Å²) in [6.45, 7) is 0.240. The second-order valence-electron chi connectivity index (χ2n) is 7.82. The smallest absolute Gasteiger partial charge is 0.326 e. The summed E-state index contributed by atoms with van der Waals surface area (Å²) in [5, 5.41) is 10.4. The fraction of sp³-hybridized carbons (Fsp3) is 0.231. The van der Waals surface area contributed by atoms with Gasteiger partial charge in [0, 0.05) is 12.1 Å². The second-order valence-corrected chi connectivity index (χ2v) is 8.23. The zero-order valence-electron chi connectivity index (χ0n) is 17.7. The molecule has 0 spiro atoms. The van der Waals surface area contributed by atoms with Crippen molar-refractivity contribution in [1.29, 1.82) is 0 Å². The van der Waals surface area contributed by atoms with Crippen molar-refractivity contribution in [2.24, 2.45) is 0 Å². The quantitative estimate of drug-likeness (QED) is 0.533. The van der Waals surface area contributed by atoms with Gasteiger partial charge in [0.1, 0.15) is 6.04 Å². The predicted molar refractivity (Wildman–Crippen MR) is 124 cm³/mol. The van der Waals surface area contributed by atoms with Crippen LogP contribution in [0.3, 0.4) is 0 Å². The van der Waals surface area contributed by atoms with Crippen molar-refractivity contribution < 1.29 is 19.4 Å². The third kappa shape index (κ3) is 4.14. The number of halogens is 1. The van der Waals surface area contributed by atoms with E-state index >= 15 is 0 Å². The van der Waals surface area contributed by atoms with Gasteiger partial charge in [0.05, 0.1) is 18.2 Å². The molecule has 3 aromatic carbocycles. The highest BCUT2D eigenvalue weighted by Gasteiger charge is 2.43. The summed E-state index contributed by atoms with van der Waals surface area (Å²) in [7, 11) is 1.58. The summed E-state index contributed by atoms with van der Waals surface area (Å²) in [4.78, 5) is 27.7. The summed E-state index contributed by atoms with van der Waals surface area (Å²) in [5.41, 5.74) is 3.57. The van der Waals surface area contributed by atoms with Gasteiger partial charge in [-0.1, -0.05) is 78.3 Å². The SMILES string of the molecule is COCc1cccc(-c2ccccc2)c1C(=O)N1C(C(=O)O)CCC1c1ccccc1Cl. The number of hydrogen-bond donors (Lipinski definition) is 1. The number of ether oxygens (including phenoxy) is 1. The van der Waals surface area contributed by atoms with Gasteiger partial charge in [-0.05, 0) is 41.2 Å². The van der Waals surface area contributed by atoms with Crippen LogP contribution in [0, 0.1) is 0 Å². The lowest BCUT2D eigenvalue weighted by atomic mass is 9.93. The predicted octanol–water partition coefficient (Wildman–Crippen LogP) is 5.58. The maximum Gasteiger partial charge on any atom is 0.326 e. The van der Waals surface area contributed by atoms with E-state index in [0.29, 0.717) is 29.0 Å². The van der Waals surface area contributed by atoms with Gasteiger partial charge in [0.25, 0.3) is 5.91 Å². The maximum atomic E-state index is 14.1. The van der Waals surface area contributed by atoms with Crippen molar-refractivity contribution in [2.45, 2.75) is 31.5 Å². The lowest BCUT2D eigenvalue weighted by Crippen LogP contribution is -2.42. The first-order chi connectivity index (χ1) is 15.5. The average molecular weight is 450 g/mol. The van der Waals surface area contributed by atoms with E-state index < -0.39 is 18.1 Å². The number of nitrogens with zero attached hydrogens (tertiary/aromatic N) is 1. The van der Waals surface area contributed by atoms with Gasteiger partial charge < -0.3 is 14.7 Å². The standard InChI is InChI=1S/C26H24ClNO4/c1-32-16-18-10-7-12-19(17-8-3-2-4-9-17)24(18)25(29)28-22(14-15-23(28)26(30)31)20-11-5-6-13-21(20)27/h2-13,22-23H,14-16H2,1H3,(H,30,31). The fourth-order valence-electron chi connectivity index (χ4n) is 4.50. The zero-order chi connectivity index (χ0) is 22.7. The Balaban J connectivity index is 1.87. The van der Waals surface area contributed by atoms with E-state index in [-0.39, 0.29) is 12.5 Å². The lowest BCUT2D eigenvalue weighted by Gasteiger charge is -2.31. The number of rotatable bonds is 6. The van der Waals surface area contributed by atoms with Crippen molar-refractivity contribution in [3.05, 3.63) is 94.5 Å². The Morgan fingerprint density at radius 2 is 1.72 bits per heavy atom. The highest BCUT2D eigenvalue weighted by Crippen LogP contribution is 2.41. The highest BCUT2D eigenvalue weighted by molar-refractivity contribution is 6.31. The summed E-state index contributed by atoms with van der Waals surface area (Å²) in [6.07, 6.45) is 0.892. The van der Waals surface area contributed by atoms with Crippen molar-refractivity contribution in [2.75, 3.05) is 7.11 Å². The number of aliphatic carboxylic acids is 1. The molecular formula is C26H24ClNO4. The molecule has 2 atom stereocenters. The molecule has 164 valence electrons. The molecular weight excluding hydrogens is 426 g/mol. The van der Waals surface area contributed by atoms with Crippen LogP contribution in [0.4, 0.5) is 0 Å².